The van der Waals surface area contributed by atoms with Gasteiger partial charge in [0.05, 0.1) is 18.6 Å². The van der Waals surface area contributed by atoms with Crippen LogP contribution in [0.15, 0.2) is 54.7 Å². The number of aromatic amines is 1. The Balaban J connectivity index is 1.82. The van der Waals surface area contributed by atoms with E-state index in [9.17, 15) is 39.3 Å². The number of para-hydroxylation sites is 1. The molecule has 0 spiro atoms. The first-order valence-electron chi connectivity index (χ1n) is 13.0. The van der Waals surface area contributed by atoms with Crippen LogP contribution in [0.4, 0.5) is 0 Å². The van der Waals surface area contributed by atoms with Gasteiger partial charge in [0, 0.05) is 23.5 Å². The van der Waals surface area contributed by atoms with E-state index in [1.807, 2.05) is 18.2 Å². The molecule has 1 aromatic heterocycles. The Morgan fingerprint density at radius 1 is 0.881 bits per heavy atom. The normalized spacial score (nSPS) is 14.6. The van der Waals surface area contributed by atoms with E-state index in [1.54, 1.807) is 24.4 Å². The number of hydrogen-bond acceptors (Lipinski definition) is 8. The minimum absolute atomic E-state index is 0.0267. The number of carbonyl (C=O) groups is 5. The number of phenolic OH excluding ortho intramolecular Hbond substituents is 1. The topological polar surface area (TPSA) is 250 Å². The Labute approximate surface area is 240 Å². The number of fused-ring (bicyclic) bond motifs is 1. The maximum atomic E-state index is 13.5. The fraction of sp³-hybridized carbons (Fsp3) is 0.321. The largest absolute Gasteiger partial charge is 0.508 e. The van der Waals surface area contributed by atoms with Crippen molar-refractivity contribution in [2.75, 3.05) is 0 Å². The van der Waals surface area contributed by atoms with Crippen molar-refractivity contribution in [3.63, 3.8) is 0 Å². The predicted molar refractivity (Wildman–Crippen MR) is 151 cm³/mol. The van der Waals surface area contributed by atoms with E-state index in [0.29, 0.717) is 11.1 Å². The standard InChI is InChI=1S/C28H34N6O8/c1-14(35)24(27(40)33-22(28(41)42)12-23(30)37)34-26(39)21(11-16-13-31-20-5-3-2-4-18(16)20)32-25(38)19(29)10-15-6-8-17(36)9-7-15/h2-9,13-14,19,21-22,24,31,35-36H,10-12,29H2,1H3,(H2,30,37)(H,32,38)(H,33,40)(H,34,39)(H,41,42). The highest BCUT2D eigenvalue weighted by Crippen LogP contribution is 2.19. The number of hydrogen-bond donors (Lipinski definition) is 9. The first kappa shape index (κ1) is 31.6. The number of carbonyl (C=O) groups excluding carboxylic acids is 4. The maximum Gasteiger partial charge on any atom is 0.326 e. The molecule has 0 saturated carbocycles. The first-order valence-corrected chi connectivity index (χ1v) is 13.0. The Morgan fingerprint density at radius 2 is 1.52 bits per heavy atom. The lowest BCUT2D eigenvalue weighted by Crippen LogP contribution is -2.60. The number of aliphatic carboxylic acids is 1. The van der Waals surface area contributed by atoms with Crippen LogP contribution in [-0.4, -0.2) is 80.2 Å². The lowest BCUT2D eigenvalue weighted by molar-refractivity contribution is -0.144. The number of nitrogens with one attached hydrogen (secondary N) is 4. The molecule has 224 valence electrons. The van der Waals surface area contributed by atoms with Crippen LogP contribution in [-0.2, 0) is 36.8 Å². The smallest absolute Gasteiger partial charge is 0.326 e. The summed E-state index contributed by atoms with van der Waals surface area (Å²) < 4.78 is 0. The van der Waals surface area contributed by atoms with Gasteiger partial charge in [0.15, 0.2) is 0 Å². The minimum Gasteiger partial charge on any atom is -0.508 e. The van der Waals surface area contributed by atoms with Crippen molar-refractivity contribution in [2.45, 2.75) is 56.5 Å². The van der Waals surface area contributed by atoms with Gasteiger partial charge in [-0.1, -0.05) is 30.3 Å². The van der Waals surface area contributed by atoms with Crippen molar-refractivity contribution in [3.05, 3.63) is 65.9 Å². The van der Waals surface area contributed by atoms with Crippen LogP contribution >= 0.6 is 0 Å². The van der Waals surface area contributed by atoms with Gasteiger partial charge >= 0.3 is 5.97 Å². The molecule has 0 aliphatic carbocycles. The van der Waals surface area contributed by atoms with Crippen LogP contribution in [0.3, 0.4) is 0 Å². The lowest BCUT2D eigenvalue weighted by atomic mass is 10.0. The molecular formula is C28H34N6O8. The maximum absolute atomic E-state index is 13.5. The second-order valence-corrected chi connectivity index (χ2v) is 9.90. The van der Waals surface area contributed by atoms with E-state index < -0.39 is 66.3 Å². The summed E-state index contributed by atoms with van der Waals surface area (Å²) >= 11 is 0. The molecular weight excluding hydrogens is 548 g/mol. The SMILES string of the molecule is CC(O)C(NC(=O)C(Cc1c[nH]c2ccccc12)NC(=O)C(N)Cc1ccc(O)cc1)C(=O)NC(CC(N)=O)C(=O)O. The molecule has 11 N–H and O–H groups in total. The highest BCUT2D eigenvalue weighted by molar-refractivity contribution is 5.95. The zero-order valence-corrected chi connectivity index (χ0v) is 22.7. The molecule has 0 radical (unpaired) electrons. The summed E-state index contributed by atoms with van der Waals surface area (Å²) in [4.78, 5) is 65.2. The first-order chi connectivity index (χ1) is 19.8. The van der Waals surface area contributed by atoms with E-state index >= 15 is 0 Å². The minimum atomic E-state index is -1.69. The van der Waals surface area contributed by atoms with Gasteiger partial charge in [-0.3, -0.25) is 19.2 Å². The molecule has 4 amide bonds. The van der Waals surface area contributed by atoms with E-state index in [1.165, 1.54) is 19.1 Å². The summed E-state index contributed by atoms with van der Waals surface area (Å²) in [6.07, 6.45) is -0.449. The number of aliphatic hydroxyl groups is 1. The van der Waals surface area contributed by atoms with Gasteiger partial charge < -0.3 is 47.7 Å². The van der Waals surface area contributed by atoms with Gasteiger partial charge in [0.2, 0.25) is 23.6 Å². The van der Waals surface area contributed by atoms with Crippen molar-refractivity contribution >= 4 is 40.5 Å². The average Bonchev–Trinajstić information content (AvgIpc) is 3.34. The molecule has 2 aromatic carbocycles. The zero-order valence-electron chi connectivity index (χ0n) is 22.7. The summed E-state index contributed by atoms with van der Waals surface area (Å²) in [6.45, 7) is 1.20. The van der Waals surface area contributed by atoms with Crippen LogP contribution < -0.4 is 27.4 Å². The molecule has 14 nitrogen and oxygen atoms in total. The van der Waals surface area contributed by atoms with Crippen molar-refractivity contribution in [2.24, 2.45) is 11.5 Å². The highest BCUT2D eigenvalue weighted by Gasteiger charge is 2.33. The van der Waals surface area contributed by atoms with Crippen molar-refractivity contribution < 1.29 is 39.3 Å². The van der Waals surface area contributed by atoms with Gasteiger partial charge in [-0.25, -0.2) is 4.79 Å². The van der Waals surface area contributed by atoms with Crippen LogP contribution in [0.5, 0.6) is 5.75 Å². The molecule has 5 unspecified atom stereocenters. The summed E-state index contributed by atoms with van der Waals surface area (Å²) in [5, 5.41) is 36.9. The molecule has 0 bridgehead atoms. The number of carboxylic acids is 1. The molecule has 5 atom stereocenters. The van der Waals surface area contributed by atoms with Gasteiger partial charge in [0.25, 0.3) is 0 Å². The number of aromatic nitrogens is 1. The van der Waals surface area contributed by atoms with Gasteiger partial charge in [-0.05, 0) is 42.7 Å². The molecule has 14 heteroatoms. The van der Waals surface area contributed by atoms with Gasteiger partial charge in [-0.2, -0.15) is 0 Å². The van der Waals surface area contributed by atoms with Crippen LogP contribution in [0, 0.1) is 0 Å². The van der Waals surface area contributed by atoms with Gasteiger partial charge in [-0.15, -0.1) is 0 Å². The molecule has 0 saturated heterocycles. The predicted octanol–water partition coefficient (Wildman–Crippen LogP) is -1.22. The number of phenols is 1. The number of nitrogens with two attached hydrogens (primary N) is 2. The number of rotatable bonds is 14. The van der Waals surface area contributed by atoms with Crippen molar-refractivity contribution in [3.8, 4) is 5.75 Å². The molecule has 1 heterocycles. The monoisotopic (exact) mass is 582 g/mol. The molecule has 0 aliphatic heterocycles. The molecule has 42 heavy (non-hydrogen) atoms. The highest BCUT2D eigenvalue weighted by atomic mass is 16.4. The molecule has 3 rings (SSSR count). The quantitative estimate of drug-likeness (QED) is 0.110. The molecule has 0 aliphatic rings. The Bertz CT molecular complexity index is 1440. The number of benzene rings is 2. The van der Waals surface area contributed by atoms with Crippen LogP contribution in [0.1, 0.15) is 24.5 Å². The Morgan fingerprint density at radius 3 is 2.14 bits per heavy atom. The van der Waals surface area contributed by atoms with Crippen molar-refractivity contribution in [1.29, 1.82) is 0 Å². The lowest BCUT2D eigenvalue weighted by Gasteiger charge is -2.26. The van der Waals surface area contributed by atoms with Crippen LogP contribution in [0.2, 0.25) is 0 Å². The number of aliphatic hydroxyl groups excluding tert-OH is 1. The van der Waals surface area contributed by atoms with E-state index in [0.717, 1.165) is 10.9 Å². The van der Waals surface area contributed by atoms with E-state index in [2.05, 4.69) is 20.9 Å². The fourth-order valence-electron chi connectivity index (χ4n) is 4.31. The third kappa shape index (κ3) is 8.52. The third-order valence-electron chi connectivity index (χ3n) is 6.54. The summed E-state index contributed by atoms with van der Waals surface area (Å²) in [6, 6.07) is 7.73. The second-order valence-electron chi connectivity index (χ2n) is 9.90. The third-order valence-corrected chi connectivity index (χ3v) is 6.54. The summed E-state index contributed by atoms with van der Waals surface area (Å²) in [7, 11) is 0. The second kappa shape index (κ2) is 14.1. The summed E-state index contributed by atoms with van der Waals surface area (Å²) in [5.41, 5.74) is 13.3. The number of carboxylic acid groups (broad SMARTS) is 1. The number of primary amides is 1. The Kier molecular flexibility index (Phi) is 10.6. The van der Waals surface area contributed by atoms with Gasteiger partial charge in [0.1, 0.15) is 23.9 Å². The molecule has 3 aromatic rings. The van der Waals surface area contributed by atoms with E-state index in [4.69, 9.17) is 11.5 Å². The van der Waals surface area contributed by atoms with Crippen molar-refractivity contribution in [1.82, 2.24) is 20.9 Å². The fourth-order valence-corrected chi connectivity index (χ4v) is 4.31. The average molecular weight is 583 g/mol. The Hall–Kier alpha value is -4.95. The van der Waals surface area contributed by atoms with E-state index in [-0.39, 0.29) is 18.6 Å². The molecule has 0 fully saturated rings. The summed E-state index contributed by atoms with van der Waals surface area (Å²) in [5.74, 6) is -5.07. The van der Waals surface area contributed by atoms with Crippen LogP contribution in [0.25, 0.3) is 10.9 Å². The zero-order chi connectivity index (χ0) is 31.0. The number of aromatic hydroxyl groups is 1. The number of H-pyrrole nitrogens is 1. The number of amides is 4.